The smallest absolute Gasteiger partial charge is 0.340 e. The Morgan fingerprint density at radius 1 is 1.52 bits per heavy atom. The van der Waals surface area contributed by atoms with Crippen LogP contribution in [0.25, 0.3) is 5.69 Å². The molecule has 110 valence electrons. The van der Waals surface area contributed by atoms with E-state index in [9.17, 15) is 20.0 Å². The van der Waals surface area contributed by atoms with Gasteiger partial charge in [-0.15, -0.1) is 0 Å². The second kappa shape index (κ2) is 5.92. The Bertz CT molecular complexity index is 711. The number of nitrogens with zero attached hydrogens (tertiary/aromatic N) is 3. The summed E-state index contributed by atoms with van der Waals surface area (Å²) in [6.07, 6.45) is 1.17. The molecule has 1 N–H and O–H groups in total. The van der Waals surface area contributed by atoms with Crippen LogP contribution >= 0.6 is 11.6 Å². The first-order valence-electron chi connectivity index (χ1n) is 6.21. The zero-order chi connectivity index (χ0) is 15.6. The van der Waals surface area contributed by atoms with Crippen LogP contribution < -0.4 is 0 Å². The number of aryl methyl sites for hydroxylation is 1. The van der Waals surface area contributed by atoms with Gasteiger partial charge >= 0.3 is 5.97 Å². The number of hydrogen-bond donors (Lipinski definition) is 1. The molecule has 1 aromatic carbocycles. The van der Waals surface area contributed by atoms with Gasteiger partial charge in [0, 0.05) is 12.1 Å². The van der Waals surface area contributed by atoms with E-state index in [0.717, 1.165) is 0 Å². The van der Waals surface area contributed by atoms with E-state index < -0.39 is 10.9 Å². The molecule has 0 bridgehead atoms. The minimum atomic E-state index is -1.17. The second-order valence-electron chi connectivity index (χ2n) is 4.36. The van der Waals surface area contributed by atoms with Crippen molar-refractivity contribution in [1.29, 1.82) is 0 Å². The highest BCUT2D eigenvalue weighted by Gasteiger charge is 2.23. The molecule has 0 saturated heterocycles. The highest BCUT2D eigenvalue weighted by Crippen LogP contribution is 2.26. The van der Waals surface area contributed by atoms with Crippen LogP contribution in [0.1, 0.15) is 29.4 Å². The zero-order valence-corrected chi connectivity index (χ0v) is 11.9. The summed E-state index contributed by atoms with van der Waals surface area (Å²) in [4.78, 5) is 21.6. The fourth-order valence-corrected chi connectivity index (χ4v) is 2.30. The molecule has 0 amide bonds. The molecule has 0 atom stereocenters. The molecule has 0 unspecified atom stereocenters. The van der Waals surface area contributed by atoms with E-state index >= 15 is 0 Å². The minimum absolute atomic E-state index is 0.0635. The molecule has 7 nitrogen and oxygen atoms in total. The van der Waals surface area contributed by atoms with E-state index in [1.165, 1.54) is 22.9 Å². The van der Waals surface area contributed by atoms with Crippen molar-refractivity contribution < 1.29 is 14.8 Å². The average molecular weight is 310 g/mol. The topological polar surface area (TPSA) is 98.3 Å². The summed E-state index contributed by atoms with van der Waals surface area (Å²) in [6.45, 7) is 1.89. The first-order chi connectivity index (χ1) is 9.95. The molecular formula is C13H12ClN3O4. The Labute approximate surface area is 124 Å². The average Bonchev–Trinajstić information content (AvgIpc) is 2.76. The second-order valence-corrected chi connectivity index (χ2v) is 4.71. The molecule has 1 heterocycles. The number of carbonyl (C=O) groups is 1. The van der Waals surface area contributed by atoms with E-state index in [4.69, 9.17) is 11.6 Å². The molecule has 0 radical (unpaired) electrons. The maximum absolute atomic E-state index is 11.3. The number of nitro benzene ring substituents is 1. The largest absolute Gasteiger partial charge is 0.478 e. The maximum Gasteiger partial charge on any atom is 0.340 e. The Kier molecular flexibility index (Phi) is 4.23. The number of rotatable bonds is 5. The third-order valence-electron chi connectivity index (χ3n) is 2.89. The van der Waals surface area contributed by atoms with E-state index in [1.807, 2.05) is 6.92 Å². The standard InChI is InChI=1S/C13H12ClN3O4/c1-2-4-10-11(13(18)19)12(14)16(15-10)8-5-3-6-9(7-8)17(20)21/h3,5-7H,2,4H2,1H3,(H,18,19). The molecule has 8 heteroatoms. The Morgan fingerprint density at radius 3 is 2.81 bits per heavy atom. The van der Waals surface area contributed by atoms with Crippen molar-refractivity contribution in [2.24, 2.45) is 0 Å². The van der Waals surface area contributed by atoms with Crippen LogP contribution in [-0.4, -0.2) is 25.8 Å². The summed E-state index contributed by atoms with van der Waals surface area (Å²) < 4.78 is 1.21. The van der Waals surface area contributed by atoms with Gasteiger partial charge in [-0.1, -0.05) is 31.0 Å². The summed E-state index contributed by atoms with van der Waals surface area (Å²) in [7, 11) is 0. The Balaban J connectivity index is 2.59. The van der Waals surface area contributed by atoms with Crippen LogP contribution in [0.4, 0.5) is 5.69 Å². The number of nitro groups is 1. The van der Waals surface area contributed by atoms with Gasteiger partial charge in [0.25, 0.3) is 5.69 Å². The molecule has 2 aromatic rings. The van der Waals surface area contributed by atoms with Gasteiger partial charge in [0.2, 0.25) is 0 Å². The van der Waals surface area contributed by atoms with Crippen molar-refractivity contribution in [3.63, 3.8) is 0 Å². The number of hydrogen-bond acceptors (Lipinski definition) is 4. The Morgan fingerprint density at radius 2 is 2.24 bits per heavy atom. The summed E-state index contributed by atoms with van der Waals surface area (Å²) in [6, 6.07) is 5.70. The summed E-state index contributed by atoms with van der Waals surface area (Å²) >= 11 is 6.08. The van der Waals surface area contributed by atoms with Crippen molar-refractivity contribution in [3.8, 4) is 5.69 Å². The first-order valence-corrected chi connectivity index (χ1v) is 6.59. The lowest BCUT2D eigenvalue weighted by atomic mass is 10.2. The number of carboxylic acid groups (broad SMARTS) is 1. The maximum atomic E-state index is 11.3. The number of benzene rings is 1. The lowest BCUT2D eigenvalue weighted by Crippen LogP contribution is -2.00. The lowest BCUT2D eigenvalue weighted by molar-refractivity contribution is -0.384. The molecule has 0 saturated carbocycles. The third-order valence-corrected chi connectivity index (χ3v) is 3.24. The predicted octanol–water partition coefficient (Wildman–Crippen LogP) is 3.08. The van der Waals surface area contributed by atoms with Crippen molar-refractivity contribution in [1.82, 2.24) is 9.78 Å². The van der Waals surface area contributed by atoms with E-state index in [0.29, 0.717) is 24.2 Å². The van der Waals surface area contributed by atoms with Crippen LogP contribution in [-0.2, 0) is 6.42 Å². The van der Waals surface area contributed by atoms with Crippen molar-refractivity contribution in [3.05, 3.63) is 50.8 Å². The number of aromatic nitrogens is 2. The molecule has 0 spiro atoms. The summed E-state index contributed by atoms with van der Waals surface area (Å²) in [5.41, 5.74) is 0.526. The molecule has 0 fully saturated rings. The summed E-state index contributed by atoms with van der Waals surface area (Å²) in [5, 5.41) is 24.1. The van der Waals surface area contributed by atoms with Crippen LogP contribution in [0.2, 0.25) is 5.15 Å². The minimum Gasteiger partial charge on any atom is -0.478 e. The van der Waals surface area contributed by atoms with Crippen LogP contribution in [0.3, 0.4) is 0 Å². The van der Waals surface area contributed by atoms with Crippen LogP contribution in [0.5, 0.6) is 0 Å². The predicted molar refractivity (Wildman–Crippen MR) is 76.2 cm³/mol. The van der Waals surface area contributed by atoms with Crippen LogP contribution in [0.15, 0.2) is 24.3 Å². The fraction of sp³-hybridized carbons (Fsp3) is 0.231. The van der Waals surface area contributed by atoms with Gasteiger partial charge in [-0.3, -0.25) is 10.1 Å². The Hall–Kier alpha value is -2.41. The van der Waals surface area contributed by atoms with E-state index in [-0.39, 0.29) is 16.4 Å². The molecular weight excluding hydrogens is 298 g/mol. The van der Waals surface area contributed by atoms with Gasteiger partial charge in [0.05, 0.1) is 16.3 Å². The normalized spacial score (nSPS) is 10.6. The van der Waals surface area contributed by atoms with Gasteiger partial charge in [0.15, 0.2) is 0 Å². The van der Waals surface area contributed by atoms with Gasteiger partial charge in [-0.2, -0.15) is 5.10 Å². The number of non-ortho nitro benzene ring substituents is 1. The highest BCUT2D eigenvalue weighted by molar-refractivity contribution is 6.33. The number of carboxylic acids is 1. The molecule has 1 aromatic heterocycles. The van der Waals surface area contributed by atoms with Gasteiger partial charge < -0.3 is 5.11 Å². The SMILES string of the molecule is CCCc1nn(-c2cccc([N+](=O)[O-])c2)c(Cl)c1C(=O)O. The number of aromatic carboxylic acids is 1. The summed E-state index contributed by atoms with van der Waals surface area (Å²) in [5.74, 6) is -1.17. The fourth-order valence-electron chi connectivity index (χ4n) is 1.97. The lowest BCUT2D eigenvalue weighted by Gasteiger charge is -2.02. The first kappa shape index (κ1) is 15.0. The quantitative estimate of drug-likeness (QED) is 0.676. The molecule has 0 aliphatic rings. The molecule has 21 heavy (non-hydrogen) atoms. The van der Waals surface area contributed by atoms with Crippen molar-refractivity contribution in [2.75, 3.05) is 0 Å². The molecule has 2 rings (SSSR count). The molecule has 0 aliphatic carbocycles. The zero-order valence-electron chi connectivity index (χ0n) is 11.1. The van der Waals surface area contributed by atoms with Gasteiger partial charge in [-0.05, 0) is 12.5 Å². The third kappa shape index (κ3) is 2.87. The van der Waals surface area contributed by atoms with Crippen molar-refractivity contribution in [2.45, 2.75) is 19.8 Å². The van der Waals surface area contributed by atoms with Crippen LogP contribution in [0, 0.1) is 10.1 Å². The van der Waals surface area contributed by atoms with E-state index in [1.54, 1.807) is 6.07 Å². The van der Waals surface area contributed by atoms with Gasteiger partial charge in [0.1, 0.15) is 10.7 Å². The highest BCUT2D eigenvalue weighted by atomic mass is 35.5. The van der Waals surface area contributed by atoms with Crippen molar-refractivity contribution >= 4 is 23.3 Å². The number of halogens is 1. The van der Waals surface area contributed by atoms with Gasteiger partial charge in [-0.25, -0.2) is 9.48 Å². The van der Waals surface area contributed by atoms with E-state index in [2.05, 4.69) is 5.10 Å². The monoisotopic (exact) mass is 309 g/mol. The molecule has 0 aliphatic heterocycles.